The van der Waals surface area contributed by atoms with Crippen molar-refractivity contribution in [3.63, 3.8) is 0 Å². The summed E-state index contributed by atoms with van der Waals surface area (Å²) in [6, 6.07) is 8.29. The van der Waals surface area contributed by atoms with Gasteiger partial charge in [-0.1, -0.05) is 49.7 Å². The summed E-state index contributed by atoms with van der Waals surface area (Å²) in [7, 11) is 0. The van der Waals surface area contributed by atoms with E-state index >= 15 is 0 Å². The molecular weight excluding hydrogens is 234 g/mol. The zero-order valence-electron chi connectivity index (χ0n) is 10.00. The van der Waals surface area contributed by atoms with Crippen LogP contribution in [0.5, 0.6) is 0 Å². The second-order valence-corrected chi connectivity index (χ2v) is 4.59. The van der Waals surface area contributed by atoms with E-state index in [4.69, 9.17) is 17.3 Å². The summed E-state index contributed by atoms with van der Waals surface area (Å²) in [5.74, 6) is 0.916. The van der Waals surface area contributed by atoms with Gasteiger partial charge in [0.25, 0.3) is 0 Å². The molecule has 1 heterocycles. The highest BCUT2D eigenvalue weighted by atomic mass is 35.5. The van der Waals surface area contributed by atoms with Gasteiger partial charge < -0.3 is 10.7 Å². The van der Waals surface area contributed by atoms with E-state index in [1.54, 1.807) is 0 Å². The average Bonchev–Trinajstić information content (AvgIpc) is 2.68. The van der Waals surface area contributed by atoms with Crippen LogP contribution in [0.2, 0.25) is 5.15 Å². The summed E-state index contributed by atoms with van der Waals surface area (Å²) in [6.45, 7) is 4.40. The van der Waals surface area contributed by atoms with Crippen molar-refractivity contribution in [1.82, 2.24) is 9.97 Å². The molecule has 3 nitrogen and oxygen atoms in total. The van der Waals surface area contributed by atoms with E-state index < -0.39 is 0 Å². The number of hydrogen-bond acceptors (Lipinski definition) is 2. The van der Waals surface area contributed by atoms with Gasteiger partial charge in [-0.3, -0.25) is 0 Å². The molecule has 1 atom stereocenters. The first kappa shape index (κ1) is 12.0. The third-order valence-electron chi connectivity index (χ3n) is 3.04. The predicted molar refractivity (Wildman–Crippen MR) is 72.2 cm³/mol. The molecule has 90 valence electrons. The highest BCUT2D eigenvalue weighted by Gasteiger charge is 2.09. The summed E-state index contributed by atoms with van der Waals surface area (Å²) < 4.78 is 0. The number of hydrogen-bond donors (Lipinski definition) is 2. The monoisotopic (exact) mass is 249 g/mol. The Balaban J connectivity index is 2.32. The maximum absolute atomic E-state index is 6.01. The summed E-state index contributed by atoms with van der Waals surface area (Å²) in [5.41, 5.74) is 8.58. The van der Waals surface area contributed by atoms with Gasteiger partial charge in [-0.05, 0) is 17.9 Å². The van der Waals surface area contributed by atoms with Crippen molar-refractivity contribution < 1.29 is 0 Å². The van der Waals surface area contributed by atoms with E-state index in [-0.39, 0.29) is 0 Å². The lowest BCUT2D eigenvalue weighted by atomic mass is 9.97. The molecule has 1 aromatic heterocycles. The lowest BCUT2D eigenvalue weighted by molar-refractivity contribution is 0.734. The van der Waals surface area contributed by atoms with Crippen LogP contribution in [0.4, 0.5) is 5.95 Å². The van der Waals surface area contributed by atoms with Gasteiger partial charge in [0.1, 0.15) is 10.8 Å². The van der Waals surface area contributed by atoms with Gasteiger partial charge in [-0.25, -0.2) is 4.98 Å². The number of anilines is 1. The number of aromatic amines is 1. The number of halogens is 1. The number of H-pyrrole nitrogens is 1. The molecule has 0 saturated heterocycles. The van der Waals surface area contributed by atoms with E-state index in [0.717, 1.165) is 12.0 Å². The van der Waals surface area contributed by atoms with E-state index in [2.05, 4.69) is 35.9 Å². The largest absolute Gasteiger partial charge is 0.369 e. The van der Waals surface area contributed by atoms with Crippen molar-refractivity contribution in [2.75, 3.05) is 5.73 Å². The van der Waals surface area contributed by atoms with Crippen LogP contribution >= 0.6 is 11.6 Å². The molecule has 1 unspecified atom stereocenters. The van der Waals surface area contributed by atoms with Gasteiger partial charge in [0.2, 0.25) is 0 Å². The Bertz CT molecular complexity index is 502. The van der Waals surface area contributed by atoms with Gasteiger partial charge in [-0.15, -0.1) is 0 Å². The van der Waals surface area contributed by atoms with Crippen LogP contribution in [0.15, 0.2) is 24.3 Å². The molecule has 0 bridgehead atoms. The second kappa shape index (κ2) is 4.80. The second-order valence-electron chi connectivity index (χ2n) is 4.22. The lowest BCUT2D eigenvalue weighted by Gasteiger charge is -2.09. The topological polar surface area (TPSA) is 54.7 Å². The van der Waals surface area contributed by atoms with Gasteiger partial charge in [0.05, 0.1) is 0 Å². The molecule has 0 saturated carbocycles. The van der Waals surface area contributed by atoms with Crippen molar-refractivity contribution >= 4 is 17.5 Å². The number of nitrogen functional groups attached to an aromatic ring is 1. The SMILES string of the molecule is CCC(C)c1ccc(-c2nc(N)[nH]c2Cl)cc1. The minimum Gasteiger partial charge on any atom is -0.369 e. The summed E-state index contributed by atoms with van der Waals surface area (Å²) in [5, 5.41) is 0.485. The Morgan fingerprint density at radius 3 is 2.47 bits per heavy atom. The van der Waals surface area contributed by atoms with Crippen molar-refractivity contribution in [3.05, 3.63) is 35.0 Å². The number of imidazole rings is 1. The van der Waals surface area contributed by atoms with Crippen molar-refractivity contribution in [1.29, 1.82) is 0 Å². The molecule has 0 aliphatic rings. The molecular formula is C13H16ClN3. The molecule has 0 aliphatic carbocycles. The number of benzene rings is 1. The lowest BCUT2D eigenvalue weighted by Crippen LogP contribution is -1.91. The standard InChI is InChI=1S/C13H16ClN3/c1-3-8(2)9-4-6-10(7-5-9)11-12(14)17-13(15)16-11/h4-8H,3H2,1-2H3,(H3,15,16,17). The van der Waals surface area contributed by atoms with Crippen molar-refractivity contribution in [2.24, 2.45) is 0 Å². The fourth-order valence-electron chi connectivity index (χ4n) is 1.77. The highest BCUT2D eigenvalue weighted by molar-refractivity contribution is 6.32. The third kappa shape index (κ3) is 2.44. The Morgan fingerprint density at radius 2 is 2.00 bits per heavy atom. The maximum Gasteiger partial charge on any atom is 0.199 e. The minimum absolute atomic E-state index is 0.344. The minimum atomic E-state index is 0.344. The highest BCUT2D eigenvalue weighted by Crippen LogP contribution is 2.28. The number of rotatable bonds is 3. The van der Waals surface area contributed by atoms with Gasteiger partial charge in [-0.2, -0.15) is 0 Å². The molecule has 0 amide bonds. The van der Waals surface area contributed by atoms with Crippen molar-refractivity contribution in [2.45, 2.75) is 26.2 Å². The van der Waals surface area contributed by atoms with Gasteiger partial charge in [0, 0.05) is 5.56 Å². The van der Waals surface area contributed by atoms with Crippen LogP contribution in [0.1, 0.15) is 31.7 Å². The third-order valence-corrected chi connectivity index (χ3v) is 3.32. The first-order valence-electron chi connectivity index (χ1n) is 5.73. The van der Waals surface area contributed by atoms with Gasteiger partial charge in [0.15, 0.2) is 5.95 Å². The summed E-state index contributed by atoms with van der Waals surface area (Å²) in [6.07, 6.45) is 1.13. The Labute approximate surface area is 106 Å². The Kier molecular flexibility index (Phi) is 3.38. The fraction of sp³-hybridized carbons (Fsp3) is 0.308. The molecule has 0 spiro atoms. The van der Waals surface area contributed by atoms with E-state index in [1.807, 2.05) is 12.1 Å². The first-order chi connectivity index (χ1) is 8.11. The zero-order valence-corrected chi connectivity index (χ0v) is 10.8. The summed E-state index contributed by atoms with van der Waals surface area (Å²) >= 11 is 6.01. The molecule has 1 aromatic carbocycles. The van der Waals surface area contributed by atoms with Crippen LogP contribution in [-0.2, 0) is 0 Å². The Morgan fingerprint density at radius 1 is 1.35 bits per heavy atom. The first-order valence-corrected chi connectivity index (χ1v) is 6.11. The molecule has 0 fully saturated rings. The van der Waals surface area contributed by atoms with E-state index in [0.29, 0.717) is 22.7 Å². The number of nitrogens with one attached hydrogen (secondary N) is 1. The fourth-order valence-corrected chi connectivity index (χ4v) is 2.01. The summed E-state index contributed by atoms with van der Waals surface area (Å²) in [4.78, 5) is 6.95. The molecule has 3 N–H and O–H groups in total. The number of nitrogens with two attached hydrogens (primary N) is 1. The van der Waals surface area contributed by atoms with E-state index in [1.165, 1.54) is 5.56 Å². The van der Waals surface area contributed by atoms with Crippen LogP contribution < -0.4 is 5.73 Å². The van der Waals surface area contributed by atoms with Crippen LogP contribution in [0, 0.1) is 0 Å². The number of aromatic nitrogens is 2. The quantitative estimate of drug-likeness (QED) is 0.869. The molecule has 2 aromatic rings. The average molecular weight is 250 g/mol. The molecule has 0 aliphatic heterocycles. The van der Waals surface area contributed by atoms with E-state index in [9.17, 15) is 0 Å². The van der Waals surface area contributed by atoms with Gasteiger partial charge >= 0.3 is 0 Å². The normalized spacial score (nSPS) is 12.6. The molecule has 2 rings (SSSR count). The molecule has 4 heteroatoms. The maximum atomic E-state index is 6.01. The van der Waals surface area contributed by atoms with Crippen LogP contribution in [0.3, 0.4) is 0 Å². The number of nitrogens with zero attached hydrogens (tertiary/aromatic N) is 1. The van der Waals surface area contributed by atoms with Crippen molar-refractivity contribution in [3.8, 4) is 11.3 Å². The smallest absolute Gasteiger partial charge is 0.199 e. The van der Waals surface area contributed by atoms with Crippen LogP contribution in [0.25, 0.3) is 11.3 Å². The van der Waals surface area contributed by atoms with Crippen LogP contribution in [-0.4, -0.2) is 9.97 Å². The zero-order chi connectivity index (χ0) is 12.4. The predicted octanol–water partition coefficient (Wildman–Crippen LogP) is 3.83. The molecule has 0 radical (unpaired) electrons. The molecule has 17 heavy (non-hydrogen) atoms. The Hall–Kier alpha value is -1.48.